The molecule has 0 bridgehead atoms. The van der Waals surface area contributed by atoms with Gasteiger partial charge in [0, 0.05) is 29.7 Å². The molecule has 6 heteroatoms. The number of nitrogens with one attached hydrogen (secondary N) is 1. The first-order valence-electron chi connectivity index (χ1n) is 8.77. The molecule has 1 fully saturated rings. The number of carbonyl (C=O) groups is 2. The first-order chi connectivity index (χ1) is 12.7. The van der Waals surface area contributed by atoms with E-state index in [0.29, 0.717) is 16.9 Å². The Morgan fingerprint density at radius 2 is 1.81 bits per heavy atom. The van der Waals surface area contributed by atoms with Gasteiger partial charge in [-0.1, -0.05) is 24.3 Å². The monoisotopic (exact) mass is 365 g/mol. The maximum Gasteiger partial charge on any atom is 0.276 e. The normalized spacial score (nSPS) is 14.4. The lowest BCUT2D eigenvalue weighted by molar-refractivity contribution is 0.0724. The van der Waals surface area contributed by atoms with Crippen LogP contribution in [0.2, 0.25) is 0 Å². The standard InChI is InChI=1S/C20H19N3O2S/c24-19(18-16-9-2-3-10-17(16)26-22-18)21-15-8-6-7-14(13-15)20(25)23-11-4-1-5-12-23/h2-3,6-10,13H,1,4-5,11-12H2,(H,21,24). The minimum absolute atomic E-state index is 0.0277. The van der Waals surface area contributed by atoms with Crippen LogP contribution in [0.3, 0.4) is 0 Å². The number of fused-ring (bicyclic) bond motifs is 1. The van der Waals surface area contributed by atoms with Crippen LogP contribution >= 0.6 is 11.5 Å². The van der Waals surface area contributed by atoms with Gasteiger partial charge in [0.15, 0.2) is 0 Å². The Bertz CT molecular complexity index is 960. The minimum atomic E-state index is -0.259. The molecule has 2 amide bonds. The van der Waals surface area contributed by atoms with Crippen LogP contribution in [0.15, 0.2) is 48.5 Å². The van der Waals surface area contributed by atoms with Crippen LogP contribution in [-0.2, 0) is 0 Å². The predicted octanol–water partition coefficient (Wildman–Crippen LogP) is 4.17. The van der Waals surface area contributed by atoms with Crippen LogP contribution in [0.4, 0.5) is 5.69 Å². The quantitative estimate of drug-likeness (QED) is 0.757. The summed E-state index contributed by atoms with van der Waals surface area (Å²) in [6.45, 7) is 1.61. The summed E-state index contributed by atoms with van der Waals surface area (Å²) in [5.74, 6) is -0.232. The Hall–Kier alpha value is -2.73. The van der Waals surface area contributed by atoms with Gasteiger partial charge in [-0.05, 0) is 55.1 Å². The van der Waals surface area contributed by atoms with Crippen LogP contribution < -0.4 is 5.32 Å². The molecule has 0 spiro atoms. The van der Waals surface area contributed by atoms with Gasteiger partial charge in [0.1, 0.15) is 5.69 Å². The Morgan fingerprint density at radius 1 is 1.00 bits per heavy atom. The highest BCUT2D eigenvalue weighted by atomic mass is 32.1. The zero-order valence-corrected chi connectivity index (χ0v) is 15.1. The van der Waals surface area contributed by atoms with E-state index in [1.807, 2.05) is 29.2 Å². The van der Waals surface area contributed by atoms with E-state index in [0.717, 1.165) is 36.0 Å². The SMILES string of the molecule is O=C(Nc1cccc(C(=O)N2CCCCC2)c1)c1nsc2ccccc12. The molecule has 0 saturated carbocycles. The highest BCUT2D eigenvalue weighted by Crippen LogP contribution is 2.23. The number of piperidine rings is 1. The summed E-state index contributed by atoms with van der Waals surface area (Å²) in [7, 11) is 0. The second kappa shape index (κ2) is 7.25. The van der Waals surface area contributed by atoms with E-state index in [-0.39, 0.29) is 11.8 Å². The second-order valence-electron chi connectivity index (χ2n) is 6.42. The number of hydrogen-bond acceptors (Lipinski definition) is 4. The van der Waals surface area contributed by atoms with Gasteiger partial charge in [-0.25, -0.2) is 0 Å². The van der Waals surface area contributed by atoms with Crippen molar-refractivity contribution < 1.29 is 9.59 Å². The van der Waals surface area contributed by atoms with Gasteiger partial charge < -0.3 is 10.2 Å². The zero-order valence-electron chi connectivity index (χ0n) is 14.3. The molecule has 2 aromatic carbocycles. The molecule has 0 atom stereocenters. The Labute approximate surface area is 155 Å². The summed E-state index contributed by atoms with van der Waals surface area (Å²) in [5.41, 5.74) is 1.63. The smallest absolute Gasteiger partial charge is 0.276 e. The number of aromatic nitrogens is 1. The van der Waals surface area contributed by atoms with E-state index in [9.17, 15) is 9.59 Å². The van der Waals surface area contributed by atoms with Crippen molar-refractivity contribution in [2.45, 2.75) is 19.3 Å². The van der Waals surface area contributed by atoms with Gasteiger partial charge in [0.2, 0.25) is 0 Å². The molecule has 3 aromatic rings. The maximum atomic E-state index is 12.6. The summed E-state index contributed by atoms with van der Waals surface area (Å²) >= 11 is 1.31. The van der Waals surface area contributed by atoms with Gasteiger partial charge in [-0.15, -0.1) is 0 Å². The molecule has 5 nitrogen and oxygen atoms in total. The molecule has 0 radical (unpaired) electrons. The van der Waals surface area contributed by atoms with Crippen molar-refractivity contribution in [3.63, 3.8) is 0 Å². The molecule has 2 heterocycles. The van der Waals surface area contributed by atoms with Crippen molar-refractivity contribution in [3.8, 4) is 0 Å². The average Bonchev–Trinajstić information content (AvgIpc) is 3.12. The molecule has 1 N–H and O–H groups in total. The summed E-state index contributed by atoms with van der Waals surface area (Å²) in [5, 5.41) is 3.71. The second-order valence-corrected chi connectivity index (χ2v) is 7.22. The minimum Gasteiger partial charge on any atom is -0.339 e. The van der Waals surface area contributed by atoms with E-state index in [1.54, 1.807) is 24.3 Å². The lowest BCUT2D eigenvalue weighted by atomic mass is 10.1. The highest BCUT2D eigenvalue weighted by molar-refractivity contribution is 7.13. The van der Waals surface area contributed by atoms with Crippen molar-refractivity contribution in [1.82, 2.24) is 9.27 Å². The lowest BCUT2D eigenvalue weighted by Gasteiger charge is -2.26. The highest BCUT2D eigenvalue weighted by Gasteiger charge is 2.19. The summed E-state index contributed by atoms with van der Waals surface area (Å²) in [6.07, 6.45) is 3.29. The summed E-state index contributed by atoms with van der Waals surface area (Å²) < 4.78 is 5.26. The fraction of sp³-hybridized carbons (Fsp3) is 0.250. The van der Waals surface area contributed by atoms with E-state index in [1.165, 1.54) is 18.0 Å². The number of carbonyl (C=O) groups excluding carboxylic acids is 2. The average molecular weight is 365 g/mol. The van der Waals surface area contributed by atoms with Crippen molar-refractivity contribution in [1.29, 1.82) is 0 Å². The van der Waals surface area contributed by atoms with Crippen molar-refractivity contribution >= 4 is 39.1 Å². The zero-order chi connectivity index (χ0) is 17.9. The Morgan fingerprint density at radius 3 is 2.65 bits per heavy atom. The van der Waals surface area contributed by atoms with Gasteiger partial charge in [0.05, 0.1) is 4.70 Å². The van der Waals surface area contributed by atoms with Crippen LogP contribution in [0.25, 0.3) is 10.1 Å². The van der Waals surface area contributed by atoms with Gasteiger partial charge in [0.25, 0.3) is 11.8 Å². The molecular weight excluding hydrogens is 346 g/mol. The Kier molecular flexibility index (Phi) is 4.67. The van der Waals surface area contributed by atoms with Gasteiger partial charge >= 0.3 is 0 Å². The lowest BCUT2D eigenvalue weighted by Crippen LogP contribution is -2.35. The van der Waals surface area contributed by atoms with Crippen LogP contribution in [0, 0.1) is 0 Å². The fourth-order valence-electron chi connectivity index (χ4n) is 3.25. The van der Waals surface area contributed by atoms with E-state index in [4.69, 9.17) is 0 Å². The third-order valence-corrected chi connectivity index (χ3v) is 5.43. The molecule has 0 unspecified atom stereocenters. The number of hydrogen-bond donors (Lipinski definition) is 1. The number of nitrogens with zero attached hydrogens (tertiary/aromatic N) is 2. The van der Waals surface area contributed by atoms with Crippen LogP contribution in [0.5, 0.6) is 0 Å². The first kappa shape index (κ1) is 16.7. The van der Waals surface area contributed by atoms with E-state index >= 15 is 0 Å². The molecule has 1 aromatic heterocycles. The van der Waals surface area contributed by atoms with Crippen LogP contribution in [-0.4, -0.2) is 34.2 Å². The molecule has 132 valence electrons. The number of likely N-dealkylation sites (tertiary alicyclic amines) is 1. The number of anilines is 1. The molecular formula is C20H19N3O2S. The molecule has 26 heavy (non-hydrogen) atoms. The van der Waals surface area contributed by atoms with Gasteiger partial charge in [-0.2, -0.15) is 4.37 Å². The topological polar surface area (TPSA) is 62.3 Å². The molecule has 0 aliphatic carbocycles. The third-order valence-electron chi connectivity index (χ3n) is 4.60. The summed E-state index contributed by atoms with van der Waals surface area (Å²) in [6, 6.07) is 14.8. The van der Waals surface area contributed by atoms with Gasteiger partial charge in [-0.3, -0.25) is 9.59 Å². The molecule has 1 saturated heterocycles. The maximum absolute atomic E-state index is 12.6. The summed E-state index contributed by atoms with van der Waals surface area (Å²) in [4.78, 5) is 27.1. The Balaban J connectivity index is 1.53. The first-order valence-corrected chi connectivity index (χ1v) is 9.55. The molecule has 4 rings (SSSR count). The van der Waals surface area contributed by atoms with E-state index < -0.39 is 0 Å². The number of benzene rings is 2. The number of rotatable bonds is 3. The fourth-order valence-corrected chi connectivity index (χ4v) is 4.02. The van der Waals surface area contributed by atoms with Crippen molar-refractivity contribution in [3.05, 3.63) is 59.8 Å². The largest absolute Gasteiger partial charge is 0.339 e. The number of amides is 2. The van der Waals surface area contributed by atoms with Crippen molar-refractivity contribution in [2.75, 3.05) is 18.4 Å². The predicted molar refractivity (Wildman–Crippen MR) is 104 cm³/mol. The van der Waals surface area contributed by atoms with E-state index in [2.05, 4.69) is 9.69 Å². The molecule has 1 aliphatic rings. The third kappa shape index (κ3) is 3.32. The molecule has 1 aliphatic heterocycles. The van der Waals surface area contributed by atoms with Crippen molar-refractivity contribution in [2.24, 2.45) is 0 Å². The van der Waals surface area contributed by atoms with Crippen LogP contribution in [0.1, 0.15) is 40.1 Å².